The van der Waals surface area contributed by atoms with Crippen molar-refractivity contribution in [2.24, 2.45) is 0 Å². The van der Waals surface area contributed by atoms with Crippen molar-refractivity contribution < 1.29 is 19.1 Å². The van der Waals surface area contributed by atoms with Crippen LogP contribution >= 0.6 is 0 Å². The van der Waals surface area contributed by atoms with Gasteiger partial charge in [-0.3, -0.25) is 9.59 Å². The zero-order chi connectivity index (χ0) is 15.9. The Morgan fingerprint density at radius 3 is 1.77 bits per heavy atom. The van der Waals surface area contributed by atoms with Gasteiger partial charge in [0.15, 0.2) is 11.6 Å². The van der Waals surface area contributed by atoms with Gasteiger partial charge in [0.25, 0.3) is 0 Å². The number of benzene rings is 2. The molecule has 0 bridgehead atoms. The molecular weight excluding hydrogens is 280 g/mol. The van der Waals surface area contributed by atoms with E-state index in [1.54, 1.807) is 30.3 Å². The fraction of sp³-hybridized carbons (Fsp3) is 0.222. The van der Waals surface area contributed by atoms with Crippen molar-refractivity contribution >= 4 is 11.6 Å². The Morgan fingerprint density at radius 2 is 1.27 bits per heavy atom. The standard InChI is InChI=1S/C18H18O4/c1-21-15-10-14(11-16(12-15)22-2)18(20)9-8-17(19)13-6-4-3-5-7-13/h3-7,10-12H,8-9H2,1-2H3. The van der Waals surface area contributed by atoms with Gasteiger partial charge in [0, 0.05) is 30.0 Å². The van der Waals surface area contributed by atoms with E-state index in [9.17, 15) is 9.59 Å². The molecule has 0 heterocycles. The zero-order valence-corrected chi connectivity index (χ0v) is 12.7. The van der Waals surface area contributed by atoms with Crippen LogP contribution in [0.15, 0.2) is 48.5 Å². The van der Waals surface area contributed by atoms with Gasteiger partial charge in [0.1, 0.15) is 11.5 Å². The molecule has 114 valence electrons. The van der Waals surface area contributed by atoms with Crippen LogP contribution in [0.2, 0.25) is 0 Å². The van der Waals surface area contributed by atoms with Crippen molar-refractivity contribution in [2.75, 3.05) is 14.2 Å². The number of methoxy groups -OCH3 is 2. The molecule has 0 fully saturated rings. The Balaban J connectivity index is 2.05. The molecule has 0 spiro atoms. The molecule has 0 N–H and O–H groups in total. The molecule has 0 amide bonds. The molecule has 2 aromatic carbocycles. The molecule has 0 unspecified atom stereocenters. The number of Topliss-reactive ketones (excluding diaryl/α,β-unsaturated/α-hetero) is 2. The summed E-state index contributed by atoms with van der Waals surface area (Å²) in [4.78, 5) is 24.3. The number of carbonyl (C=O) groups is 2. The minimum atomic E-state index is -0.110. The Kier molecular flexibility index (Phi) is 5.31. The van der Waals surface area contributed by atoms with E-state index >= 15 is 0 Å². The van der Waals surface area contributed by atoms with Crippen LogP contribution in [0.3, 0.4) is 0 Å². The number of rotatable bonds is 7. The first-order valence-corrected chi connectivity index (χ1v) is 6.98. The first-order valence-electron chi connectivity index (χ1n) is 6.98. The summed E-state index contributed by atoms with van der Waals surface area (Å²) in [6.45, 7) is 0. The SMILES string of the molecule is COc1cc(OC)cc(C(=O)CCC(=O)c2ccccc2)c1. The van der Waals surface area contributed by atoms with Crippen molar-refractivity contribution in [3.63, 3.8) is 0 Å². The molecule has 0 aromatic heterocycles. The fourth-order valence-corrected chi connectivity index (χ4v) is 2.11. The summed E-state index contributed by atoms with van der Waals surface area (Å²) in [7, 11) is 3.06. The van der Waals surface area contributed by atoms with Gasteiger partial charge in [-0.1, -0.05) is 30.3 Å². The second-order valence-electron chi connectivity index (χ2n) is 4.81. The van der Waals surface area contributed by atoms with Crippen LogP contribution in [0.1, 0.15) is 33.6 Å². The molecule has 0 atom stereocenters. The molecule has 0 aliphatic carbocycles. The summed E-state index contributed by atoms with van der Waals surface area (Å²) >= 11 is 0. The minimum absolute atomic E-state index is 0.0381. The quantitative estimate of drug-likeness (QED) is 0.734. The van der Waals surface area contributed by atoms with Gasteiger partial charge in [-0.15, -0.1) is 0 Å². The highest BCUT2D eigenvalue weighted by atomic mass is 16.5. The summed E-state index contributed by atoms with van der Waals surface area (Å²) < 4.78 is 10.3. The highest BCUT2D eigenvalue weighted by molar-refractivity contribution is 6.02. The number of hydrogen-bond acceptors (Lipinski definition) is 4. The Bertz CT molecular complexity index is 640. The third kappa shape index (κ3) is 3.95. The first kappa shape index (κ1) is 15.8. The fourth-order valence-electron chi connectivity index (χ4n) is 2.11. The predicted octanol–water partition coefficient (Wildman–Crippen LogP) is 3.55. The molecule has 0 radical (unpaired) electrons. The smallest absolute Gasteiger partial charge is 0.163 e. The first-order chi connectivity index (χ1) is 10.6. The summed E-state index contributed by atoms with van der Waals surface area (Å²) in [5.41, 5.74) is 1.11. The van der Waals surface area contributed by atoms with E-state index < -0.39 is 0 Å². The lowest BCUT2D eigenvalue weighted by atomic mass is 10.0. The number of hydrogen-bond donors (Lipinski definition) is 0. The average Bonchev–Trinajstić information content (AvgIpc) is 2.59. The van der Waals surface area contributed by atoms with Crippen molar-refractivity contribution in [3.8, 4) is 11.5 Å². The van der Waals surface area contributed by atoms with E-state index in [0.29, 0.717) is 22.6 Å². The van der Waals surface area contributed by atoms with Crippen LogP contribution in [-0.4, -0.2) is 25.8 Å². The van der Waals surface area contributed by atoms with Crippen LogP contribution in [0.25, 0.3) is 0 Å². The molecule has 4 heteroatoms. The van der Waals surface area contributed by atoms with E-state index in [1.165, 1.54) is 14.2 Å². The maximum Gasteiger partial charge on any atom is 0.163 e. The third-order valence-electron chi connectivity index (χ3n) is 3.35. The molecule has 0 aliphatic heterocycles. The molecule has 2 rings (SSSR count). The van der Waals surface area contributed by atoms with E-state index in [0.717, 1.165) is 0 Å². The highest BCUT2D eigenvalue weighted by Gasteiger charge is 2.13. The van der Waals surface area contributed by atoms with Crippen molar-refractivity contribution in [1.29, 1.82) is 0 Å². The van der Waals surface area contributed by atoms with Crippen molar-refractivity contribution in [2.45, 2.75) is 12.8 Å². The average molecular weight is 298 g/mol. The van der Waals surface area contributed by atoms with Crippen LogP contribution in [0.4, 0.5) is 0 Å². The number of ketones is 2. The second-order valence-corrected chi connectivity index (χ2v) is 4.81. The topological polar surface area (TPSA) is 52.6 Å². The highest BCUT2D eigenvalue weighted by Crippen LogP contribution is 2.23. The molecule has 2 aromatic rings. The third-order valence-corrected chi connectivity index (χ3v) is 3.35. The van der Waals surface area contributed by atoms with Gasteiger partial charge < -0.3 is 9.47 Å². The van der Waals surface area contributed by atoms with E-state index in [-0.39, 0.29) is 24.4 Å². The van der Waals surface area contributed by atoms with Crippen LogP contribution < -0.4 is 9.47 Å². The van der Waals surface area contributed by atoms with Gasteiger partial charge >= 0.3 is 0 Å². The van der Waals surface area contributed by atoms with E-state index in [1.807, 2.05) is 18.2 Å². The molecule has 0 saturated heterocycles. The number of carbonyl (C=O) groups excluding carboxylic acids is 2. The molecule has 22 heavy (non-hydrogen) atoms. The Morgan fingerprint density at radius 1 is 0.773 bits per heavy atom. The van der Waals surface area contributed by atoms with Crippen LogP contribution in [0.5, 0.6) is 11.5 Å². The molecular formula is C18H18O4. The largest absolute Gasteiger partial charge is 0.497 e. The van der Waals surface area contributed by atoms with Gasteiger partial charge in [0.2, 0.25) is 0 Å². The zero-order valence-electron chi connectivity index (χ0n) is 12.7. The second kappa shape index (κ2) is 7.41. The normalized spacial score (nSPS) is 10.1. The lowest BCUT2D eigenvalue weighted by Gasteiger charge is -2.07. The van der Waals surface area contributed by atoms with Gasteiger partial charge in [-0.05, 0) is 12.1 Å². The lowest BCUT2D eigenvalue weighted by molar-refractivity contribution is 0.0917. The monoisotopic (exact) mass is 298 g/mol. The number of ether oxygens (including phenoxy) is 2. The molecule has 4 nitrogen and oxygen atoms in total. The Hall–Kier alpha value is -2.62. The molecule has 0 saturated carbocycles. The summed E-state index contributed by atoms with van der Waals surface area (Å²) in [5, 5.41) is 0. The minimum Gasteiger partial charge on any atom is -0.497 e. The summed E-state index contributed by atoms with van der Waals surface area (Å²) in [6, 6.07) is 14.0. The van der Waals surface area contributed by atoms with Crippen molar-refractivity contribution in [1.82, 2.24) is 0 Å². The van der Waals surface area contributed by atoms with Crippen LogP contribution in [-0.2, 0) is 0 Å². The van der Waals surface area contributed by atoms with E-state index in [4.69, 9.17) is 9.47 Å². The molecule has 0 aliphatic rings. The summed E-state index contributed by atoms with van der Waals surface area (Å²) in [6.07, 6.45) is 0.340. The lowest BCUT2D eigenvalue weighted by Crippen LogP contribution is -2.05. The van der Waals surface area contributed by atoms with Gasteiger partial charge in [-0.25, -0.2) is 0 Å². The Labute approximate surface area is 129 Å². The van der Waals surface area contributed by atoms with E-state index in [2.05, 4.69) is 0 Å². The van der Waals surface area contributed by atoms with Crippen molar-refractivity contribution in [3.05, 3.63) is 59.7 Å². The van der Waals surface area contributed by atoms with Crippen LogP contribution in [0, 0.1) is 0 Å². The van der Waals surface area contributed by atoms with Gasteiger partial charge in [0.05, 0.1) is 14.2 Å². The van der Waals surface area contributed by atoms with Gasteiger partial charge in [-0.2, -0.15) is 0 Å². The maximum atomic E-state index is 12.3. The predicted molar refractivity (Wildman–Crippen MR) is 83.9 cm³/mol. The summed E-state index contributed by atoms with van der Waals surface area (Å²) in [5.74, 6) is 0.958. The maximum absolute atomic E-state index is 12.3.